The maximum absolute atomic E-state index is 11.8. The molecule has 2 aromatic heterocycles. The molecule has 0 bridgehead atoms. The average molecular weight is 451 g/mol. The van der Waals surface area contributed by atoms with Gasteiger partial charge in [0.2, 0.25) is 5.89 Å². The molecule has 1 aliphatic heterocycles. The predicted octanol–water partition coefficient (Wildman–Crippen LogP) is 5.11. The van der Waals surface area contributed by atoms with Crippen molar-refractivity contribution in [2.75, 3.05) is 11.9 Å². The highest BCUT2D eigenvalue weighted by Crippen LogP contribution is 2.34. The van der Waals surface area contributed by atoms with E-state index < -0.39 is 6.09 Å². The average Bonchev–Trinajstić information content (AvgIpc) is 3.30. The first kappa shape index (κ1) is 23.5. The lowest BCUT2D eigenvalue weighted by Crippen LogP contribution is -2.58. The summed E-state index contributed by atoms with van der Waals surface area (Å²) in [4.78, 5) is 23.1. The molecule has 8 nitrogen and oxygen atoms in total. The monoisotopic (exact) mass is 450 g/mol. The molecule has 1 aliphatic rings. The van der Waals surface area contributed by atoms with Gasteiger partial charge in [0.15, 0.2) is 5.13 Å². The van der Waals surface area contributed by atoms with Gasteiger partial charge in [0.25, 0.3) is 0 Å². The van der Waals surface area contributed by atoms with Gasteiger partial charge in [-0.25, -0.2) is 14.8 Å². The molecule has 1 amide bonds. The van der Waals surface area contributed by atoms with Crippen molar-refractivity contribution in [2.45, 2.75) is 85.1 Å². The van der Waals surface area contributed by atoms with Crippen LogP contribution in [0.25, 0.3) is 0 Å². The number of hydrogen-bond donors (Lipinski definition) is 2. The number of likely N-dealkylation sites (tertiary alicyclic amines) is 1. The molecule has 0 spiro atoms. The van der Waals surface area contributed by atoms with Gasteiger partial charge in [-0.15, -0.1) is 0 Å². The molecular weight excluding hydrogens is 416 g/mol. The van der Waals surface area contributed by atoms with Gasteiger partial charge >= 0.3 is 6.09 Å². The van der Waals surface area contributed by atoms with E-state index in [0.29, 0.717) is 25.6 Å². The minimum Gasteiger partial charge on any atom is -0.465 e. The molecule has 0 aliphatic carbocycles. The lowest BCUT2D eigenvalue weighted by molar-refractivity contribution is 0.0519. The van der Waals surface area contributed by atoms with E-state index in [2.05, 4.69) is 56.8 Å². The van der Waals surface area contributed by atoms with Gasteiger partial charge in [0, 0.05) is 24.2 Å². The van der Waals surface area contributed by atoms with Gasteiger partial charge in [0.05, 0.1) is 23.7 Å². The van der Waals surface area contributed by atoms with Crippen LogP contribution >= 0.6 is 11.3 Å². The standard InChI is InChI=1S/C22H34N4O4S/c1-21(2,3)16-11-23-17(30-16)13-29-12-14-10-24-19(31-14)25-15-8-7-9-26(20(27)28)18(15)22(4,5)6/h10-11,15,18H,7-9,12-13H2,1-6H3,(H,24,25)(H,27,28). The summed E-state index contributed by atoms with van der Waals surface area (Å²) in [6.07, 6.45) is 4.44. The third kappa shape index (κ3) is 5.98. The highest BCUT2D eigenvalue weighted by atomic mass is 32.1. The fourth-order valence-corrected chi connectivity index (χ4v) is 4.81. The quantitative estimate of drug-likeness (QED) is 0.630. The molecule has 0 aromatic carbocycles. The first-order chi connectivity index (χ1) is 14.4. The minimum absolute atomic E-state index is 0.0212. The van der Waals surface area contributed by atoms with Crippen LogP contribution in [0.1, 0.15) is 70.9 Å². The molecule has 2 N–H and O–H groups in total. The Morgan fingerprint density at radius 2 is 2.00 bits per heavy atom. The van der Waals surface area contributed by atoms with E-state index >= 15 is 0 Å². The first-order valence-corrected chi connectivity index (χ1v) is 11.5. The lowest BCUT2D eigenvalue weighted by Gasteiger charge is -2.46. The summed E-state index contributed by atoms with van der Waals surface area (Å²) in [5.74, 6) is 1.41. The van der Waals surface area contributed by atoms with Crippen LogP contribution in [-0.4, -0.2) is 44.7 Å². The van der Waals surface area contributed by atoms with E-state index in [1.54, 1.807) is 17.3 Å². The Kier molecular flexibility index (Phi) is 6.95. The van der Waals surface area contributed by atoms with Crippen LogP contribution in [0, 0.1) is 5.41 Å². The van der Waals surface area contributed by atoms with Crippen molar-refractivity contribution in [3.63, 3.8) is 0 Å². The summed E-state index contributed by atoms with van der Waals surface area (Å²) < 4.78 is 11.5. The number of piperidine rings is 1. The molecule has 3 rings (SSSR count). The van der Waals surface area contributed by atoms with Crippen LogP contribution in [-0.2, 0) is 23.4 Å². The molecule has 1 fully saturated rings. The molecule has 3 heterocycles. The Labute approximate surface area is 188 Å². The number of carboxylic acid groups (broad SMARTS) is 1. The molecule has 2 atom stereocenters. The summed E-state index contributed by atoms with van der Waals surface area (Å²) in [7, 11) is 0. The SMILES string of the molecule is CC(C)(C)c1cnc(COCc2cnc(NC3CCCN(C(=O)O)C3C(C)(C)C)s2)o1. The summed E-state index contributed by atoms with van der Waals surface area (Å²) in [5.41, 5.74) is -0.259. The number of hydrogen-bond acceptors (Lipinski definition) is 7. The zero-order valence-electron chi connectivity index (χ0n) is 19.3. The van der Waals surface area contributed by atoms with Crippen LogP contribution in [0.3, 0.4) is 0 Å². The smallest absolute Gasteiger partial charge is 0.407 e. The van der Waals surface area contributed by atoms with Gasteiger partial charge in [-0.05, 0) is 18.3 Å². The van der Waals surface area contributed by atoms with Gasteiger partial charge in [0.1, 0.15) is 12.4 Å². The summed E-state index contributed by atoms with van der Waals surface area (Å²) in [5, 5.41) is 13.9. The van der Waals surface area contributed by atoms with Crippen molar-refractivity contribution in [2.24, 2.45) is 5.41 Å². The van der Waals surface area contributed by atoms with Gasteiger partial charge in [-0.1, -0.05) is 52.9 Å². The highest BCUT2D eigenvalue weighted by molar-refractivity contribution is 7.15. The van der Waals surface area contributed by atoms with E-state index in [1.807, 2.05) is 0 Å². The predicted molar refractivity (Wildman–Crippen MR) is 120 cm³/mol. The summed E-state index contributed by atoms with van der Waals surface area (Å²) in [6, 6.07) is -0.0997. The van der Waals surface area contributed by atoms with Crippen LogP contribution in [0.4, 0.5) is 9.93 Å². The van der Waals surface area contributed by atoms with Crippen LogP contribution in [0.2, 0.25) is 0 Å². The van der Waals surface area contributed by atoms with Crippen molar-refractivity contribution >= 4 is 22.6 Å². The fourth-order valence-electron chi connectivity index (χ4n) is 3.99. The molecule has 2 unspecified atom stereocenters. The first-order valence-electron chi connectivity index (χ1n) is 10.7. The van der Waals surface area contributed by atoms with Crippen LogP contribution < -0.4 is 5.32 Å². The summed E-state index contributed by atoms with van der Waals surface area (Å²) in [6.45, 7) is 13.8. The third-order valence-corrected chi connectivity index (χ3v) is 6.29. The Morgan fingerprint density at radius 1 is 1.26 bits per heavy atom. The number of rotatable bonds is 6. The maximum Gasteiger partial charge on any atom is 0.407 e. The van der Waals surface area contributed by atoms with Crippen molar-refractivity contribution in [3.8, 4) is 0 Å². The zero-order valence-corrected chi connectivity index (χ0v) is 20.1. The Bertz CT molecular complexity index is 881. The number of oxazole rings is 1. The molecule has 2 aromatic rings. The second kappa shape index (κ2) is 9.16. The number of nitrogens with zero attached hydrogens (tertiary/aromatic N) is 3. The van der Waals surface area contributed by atoms with Gasteiger partial charge in [-0.2, -0.15) is 0 Å². The minimum atomic E-state index is -0.860. The van der Waals surface area contributed by atoms with E-state index in [4.69, 9.17) is 9.15 Å². The van der Waals surface area contributed by atoms with Crippen molar-refractivity contribution in [1.82, 2.24) is 14.9 Å². The maximum atomic E-state index is 11.8. The number of carbonyl (C=O) groups is 1. The fraction of sp³-hybridized carbons (Fsp3) is 0.682. The number of ether oxygens (including phenoxy) is 1. The van der Waals surface area contributed by atoms with Crippen LogP contribution in [0.5, 0.6) is 0 Å². The normalized spacial score (nSPS) is 20.1. The number of aromatic nitrogens is 2. The van der Waals surface area contributed by atoms with E-state index in [-0.39, 0.29) is 22.9 Å². The van der Waals surface area contributed by atoms with Crippen molar-refractivity contribution in [3.05, 3.63) is 28.9 Å². The number of thiazole rings is 1. The molecule has 1 saturated heterocycles. The topological polar surface area (TPSA) is 101 Å². The molecule has 9 heteroatoms. The number of anilines is 1. The second-order valence-electron chi connectivity index (χ2n) is 10.2. The molecule has 31 heavy (non-hydrogen) atoms. The Balaban J connectivity index is 1.57. The number of amides is 1. The molecule has 0 radical (unpaired) electrons. The zero-order chi connectivity index (χ0) is 22.8. The van der Waals surface area contributed by atoms with Crippen LogP contribution in [0.15, 0.2) is 16.8 Å². The Hall–Kier alpha value is -2.13. The Morgan fingerprint density at radius 3 is 2.61 bits per heavy atom. The van der Waals surface area contributed by atoms with Crippen molar-refractivity contribution < 1.29 is 19.1 Å². The molecular formula is C22H34N4O4S. The third-order valence-electron chi connectivity index (χ3n) is 5.39. The molecule has 0 saturated carbocycles. The van der Waals surface area contributed by atoms with E-state index in [0.717, 1.165) is 28.6 Å². The van der Waals surface area contributed by atoms with Crippen molar-refractivity contribution in [1.29, 1.82) is 0 Å². The van der Waals surface area contributed by atoms with E-state index in [1.165, 1.54) is 11.3 Å². The molecule has 172 valence electrons. The largest absolute Gasteiger partial charge is 0.465 e. The second-order valence-corrected chi connectivity index (χ2v) is 11.3. The lowest BCUT2D eigenvalue weighted by atomic mass is 9.78. The summed E-state index contributed by atoms with van der Waals surface area (Å²) >= 11 is 1.53. The highest BCUT2D eigenvalue weighted by Gasteiger charge is 2.42. The number of nitrogens with one attached hydrogen (secondary N) is 1. The van der Waals surface area contributed by atoms with Gasteiger partial charge in [-0.3, -0.25) is 0 Å². The van der Waals surface area contributed by atoms with E-state index in [9.17, 15) is 9.90 Å². The van der Waals surface area contributed by atoms with Gasteiger partial charge < -0.3 is 24.5 Å².